The highest BCUT2D eigenvalue weighted by molar-refractivity contribution is 8.16. The maximum Gasteiger partial charge on any atom is 0.407 e. The van der Waals surface area contributed by atoms with Crippen molar-refractivity contribution in [2.45, 2.75) is 18.4 Å². The van der Waals surface area contributed by atoms with Gasteiger partial charge in [0.1, 0.15) is 23.6 Å². The fraction of sp³-hybridized carbons (Fsp3) is 0.261. The number of carboxylic acids is 1. The van der Waals surface area contributed by atoms with Gasteiger partial charge in [-0.3, -0.25) is 4.79 Å². The minimum Gasteiger partial charge on any atom is -0.480 e. The normalized spacial score (nSPS) is 13.0. The SMILES string of the molecule is CS(C)=C(C#N)C(=O)CC(NC(=O)OCC1c2ccccc2-c2ccccc21)C(=O)O. The van der Waals surface area contributed by atoms with Crippen LogP contribution in [0.25, 0.3) is 11.1 Å². The summed E-state index contributed by atoms with van der Waals surface area (Å²) in [6.45, 7) is 0.0308. The van der Waals surface area contributed by atoms with Gasteiger partial charge in [-0.25, -0.2) is 9.59 Å². The number of benzene rings is 2. The van der Waals surface area contributed by atoms with Crippen molar-refractivity contribution in [3.8, 4) is 17.2 Å². The number of rotatable bonds is 7. The molecule has 0 aliphatic heterocycles. The molecule has 2 aromatic rings. The summed E-state index contributed by atoms with van der Waals surface area (Å²) in [5.41, 5.74) is 4.23. The third-order valence-electron chi connectivity index (χ3n) is 5.09. The number of nitriles is 1. The van der Waals surface area contributed by atoms with Crippen molar-refractivity contribution in [3.63, 3.8) is 0 Å². The molecule has 1 unspecified atom stereocenters. The molecule has 0 heterocycles. The number of ketones is 1. The van der Waals surface area contributed by atoms with E-state index in [0.717, 1.165) is 22.3 Å². The van der Waals surface area contributed by atoms with Gasteiger partial charge in [-0.2, -0.15) is 15.7 Å². The summed E-state index contributed by atoms with van der Waals surface area (Å²) in [5.74, 6) is -2.13. The van der Waals surface area contributed by atoms with Crippen molar-refractivity contribution in [2.75, 3.05) is 19.1 Å². The molecule has 7 nitrogen and oxygen atoms in total. The minimum atomic E-state index is -1.48. The molecule has 1 aliphatic rings. The topological polar surface area (TPSA) is 116 Å². The van der Waals surface area contributed by atoms with Gasteiger partial charge in [-0.15, -0.1) is 0 Å². The number of carbonyl (C=O) groups excluding carboxylic acids is 2. The van der Waals surface area contributed by atoms with E-state index in [-0.39, 0.29) is 17.4 Å². The molecule has 31 heavy (non-hydrogen) atoms. The molecule has 3 rings (SSSR count). The minimum absolute atomic E-state index is 0.000544. The van der Waals surface area contributed by atoms with Crippen molar-refractivity contribution in [3.05, 3.63) is 59.7 Å². The number of amides is 1. The van der Waals surface area contributed by atoms with Gasteiger partial charge in [-0.05, 0) is 34.8 Å². The Balaban J connectivity index is 1.68. The van der Waals surface area contributed by atoms with Gasteiger partial charge < -0.3 is 15.2 Å². The second kappa shape index (κ2) is 9.58. The summed E-state index contributed by atoms with van der Waals surface area (Å²) < 4.78 is 5.34. The Kier molecular flexibility index (Phi) is 6.88. The van der Waals surface area contributed by atoms with Crippen LogP contribution in [0.1, 0.15) is 23.5 Å². The first-order chi connectivity index (χ1) is 14.8. The lowest BCUT2D eigenvalue weighted by molar-refractivity contribution is -0.140. The molecule has 0 aromatic heterocycles. The third-order valence-corrected chi connectivity index (χ3v) is 6.22. The lowest BCUT2D eigenvalue weighted by Gasteiger charge is -2.17. The van der Waals surface area contributed by atoms with Crippen LogP contribution in [0.4, 0.5) is 4.79 Å². The molecule has 0 spiro atoms. The molecule has 0 radical (unpaired) electrons. The fourth-order valence-electron chi connectivity index (χ4n) is 3.64. The highest BCUT2D eigenvalue weighted by Gasteiger charge is 2.30. The van der Waals surface area contributed by atoms with Crippen molar-refractivity contribution in [1.29, 1.82) is 5.26 Å². The van der Waals surface area contributed by atoms with E-state index in [9.17, 15) is 19.5 Å². The van der Waals surface area contributed by atoms with Gasteiger partial charge in [0, 0.05) is 12.3 Å². The van der Waals surface area contributed by atoms with Crippen molar-refractivity contribution >= 4 is 33.2 Å². The second-order valence-electron chi connectivity index (χ2n) is 7.25. The number of hydrogen-bond donors (Lipinski definition) is 2. The molecular weight excluding hydrogens is 416 g/mol. The monoisotopic (exact) mass is 438 g/mol. The molecular formula is C23H22N2O5S. The molecule has 1 aliphatic carbocycles. The average molecular weight is 439 g/mol. The first-order valence-corrected chi connectivity index (χ1v) is 11.6. The van der Waals surface area contributed by atoms with E-state index >= 15 is 0 Å². The number of carboxylic acid groups (broad SMARTS) is 1. The van der Waals surface area contributed by atoms with Crippen molar-refractivity contribution < 1.29 is 24.2 Å². The Labute approximate surface area is 182 Å². The van der Waals surface area contributed by atoms with Gasteiger partial charge >= 0.3 is 12.1 Å². The smallest absolute Gasteiger partial charge is 0.407 e. The molecule has 0 saturated heterocycles. The molecule has 2 N–H and O–H groups in total. The van der Waals surface area contributed by atoms with Gasteiger partial charge in [0.05, 0.1) is 0 Å². The summed E-state index contributed by atoms with van der Waals surface area (Å²) in [4.78, 5) is 36.1. The van der Waals surface area contributed by atoms with Gasteiger partial charge in [0.25, 0.3) is 0 Å². The Morgan fingerprint density at radius 2 is 1.65 bits per heavy atom. The number of aliphatic carboxylic acids is 1. The van der Waals surface area contributed by atoms with Gasteiger partial charge in [0.2, 0.25) is 0 Å². The standard InChI is InChI=1S/C23H22N2O5S/c1-31(2)21(12-24)20(26)11-19(22(27)28)25-23(29)30-13-18-16-9-5-3-7-14(16)15-8-4-6-10-17(15)18/h3-10,18-19H,11,13H2,1-2H3,(H,25,29)(H,27,28). The lowest BCUT2D eigenvalue weighted by atomic mass is 9.98. The predicted octanol–water partition coefficient (Wildman–Crippen LogP) is 3.16. The molecule has 160 valence electrons. The number of nitrogens with zero attached hydrogens (tertiary/aromatic N) is 1. The Morgan fingerprint density at radius 1 is 1.10 bits per heavy atom. The van der Waals surface area contributed by atoms with E-state index in [1.807, 2.05) is 54.6 Å². The number of fused-ring (bicyclic) bond motifs is 3. The zero-order valence-electron chi connectivity index (χ0n) is 17.1. The maximum absolute atomic E-state index is 12.3. The van der Waals surface area contributed by atoms with Gasteiger partial charge in [0.15, 0.2) is 5.78 Å². The first kappa shape index (κ1) is 22.2. The van der Waals surface area contributed by atoms with Crippen LogP contribution in [-0.2, 0) is 14.3 Å². The van der Waals surface area contributed by atoms with Crippen LogP contribution in [0, 0.1) is 11.3 Å². The maximum atomic E-state index is 12.3. The number of Topliss-reactive ketones (excluding diaryl/α,β-unsaturated/α-hetero) is 1. The molecule has 1 amide bonds. The molecule has 0 saturated carbocycles. The molecule has 8 heteroatoms. The zero-order chi connectivity index (χ0) is 22.5. The summed E-state index contributed by atoms with van der Waals surface area (Å²) in [6, 6.07) is 16.1. The molecule has 1 atom stereocenters. The average Bonchev–Trinajstić information content (AvgIpc) is 3.06. The first-order valence-electron chi connectivity index (χ1n) is 9.55. The van der Waals surface area contributed by atoms with E-state index in [1.54, 1.807) is 12.5 Å². The van der Waals surface area contributed by atoms with Crippen molar-refractivity contribution in [1.82, 2.24) is 5.32 Å². The summed E-state index contributed by atoms with van der Waals surface area (Å²) in [6.07, 6.45) is 1.97. The largest absolute Gasteiger partial charge is 0.480 e. The Morgan fingerprint density at radius 3 is 2.13 bits per heavy atom. The van der Waals surface area contributed by atoms with E-state index in [1.165, 1.54) is 0 Å². The van der Waals surface area contributed by atoms with E-state index in [4.69, 9.17) is 10.00 Å². The summed E-state index contributed by atoms with van der Waals surface area (Å²) in [7, 11) is -0.604. The van der Waals surface area contributed by atoms with Crippen LogP contribution in [0.15, 0.2) is 48.5 Å². The molecule has 2 aromatic carbocycles. The third kappa shape index (κ3) is 4.84. The van der Waals surface area contributed by atoms with E-state index in [2.05, 4.69) is 5.32 Å². The van der Waals surface area contributed by atoms with E-state index in [0.29, 0.717) is 0 Å². The highest BCUT2D eigenvalue weighted by Crippen LogP contribution is 2.44. The van der Waals surface area contributed by atoms with Crippen LogP contribution in [0.3, 0.4) is 0 Å². The zero-order valence-corrected chi connectivity index (χ0v) is 17.9. The van der Waals surface area contributed by atoms with Crippen LogP contribution in [-0.4, -0.2) is 53.0 Å². The quantitative estimate of drug-likeness (QED) is 0.642. The Hall–Kier alpha value is -3.44. The summed E-state index contributed by atoms with van der Waals surface area (Å²) in [5, 5.41) is 20.7. The number of carbonyl (C=O) groups is 3. The number of nitrogens with one attached hydrogen (secondary N) is 1. The molecule has 0 bridgehead atoms. The van der Waals surface area contributed by atoms with Crippen LogP contribution in [0.5, 0.6) is 0 Å². The van der Waals surface area contributed by atoms with Crippen molar-refractivity contribution in [2.24, 2.45) is 0 Å². The number of hydrogen-bond acceptors (Lipinski definition) is 5. The lowest BCUT2D eigenvalue weighted by Crippen LogP contribution is -2.43. The van der Waals surface area contributed by atoms with Crippen LogP contribution < -0.4 is 5.32 Å². The summed E-state index contributed by atoms with van der Waals surface area (Å²) >= 11 is 0. The number of alkyl carbamates (subject to hydrolysis) is 1. The predicted molar refractivity (Wildman–Crippen MR) is 119 cm³/mol. The van der Waals surface area contributed by atoms with Crippen LogP contribution in [0.2, 0.25) is 0 Å². The van der Waals surface area contributed by atoms with Crippen LogP contribution >= 0.6 is 10.5 Å². The second-order valence-corrected chi connectivity index (χ2v) is 9.29. The van der Waals surface area contributed by atoms with Gasteiger partial charge in [-0.1, -0.05) is 48.5 Å². The highest BCUT2D eigenvalue weighted by atomic mass is 32.2. The van der Waals surface area contributed by atoms with E-state index < -0.39 is 40.8 Å². The fourth-order valence-corrected chi connectivity index (χ4v) is 4.36. The number of ether oxygens (including phenoxy) is 1. The Bertz CT molecular complexity index is 1070. The molecule has 0 fully saturated rings.